The fraction of sp³-hybridized carbons (Fsp3) is 0.440. The predicted octanol–water partition coefficient (Wildman–Crippen LogP) is 3.11. The third-order valence-electron chi connectivity index (χ3n) is 6.66. The van der Waals surface area contributed by atoms with Gasteiger partial charge in [-0.2, -0.15) is 8.78 Å². The summed E-state index contributed by atoms with van der Waals surface area (Å²) in [4.78, 5) is 29.3. The van der Waals surface area contributed by atoms with Crippen molar-refractivity contribution >= 4 is 17.5 Å². The van der Waals surface area contributed by atoms with Crippen LogP contribution in [-0.4, -0.2) is 67.0 Å². The molecule has 0 aromatic heterocycles. The molecule has 2 aliphatic heterocycles. The maximum absolute atomic E-state index is 12.7. The summed E-state index contributed by atoms with van der Waals surface area (Å²) < 4.78 is 29.0. The number of likely N-dealkylation sites (N-methyl/N-ethyl adjacent to an activating group) is 1. The molecule has 0 spiro atoms. The number of benzene rings is 2. The van der Waals surface area contributed by atoms with Gasteiger partial charge in [-0.1, -0.05) is 30.3 Å². The third-order valence-corrected chi connectivity index (χ3v) is 6.66. The van der Waals surface area contributed by atoms with Crippen molar-refractivity contribution in [2.24, 2.45) is 5.92 Å². The molecule has 2 N–H and O–H groups in total. The largest absolute Gasteiger partial charge is 0.435 e. The number of ether oxygens (including phenoxy) is 1. The zero-order valence-corrected chi connectivity index (χ0v) is 19.3. The predicted molar refractivity (Wildman–Crippen MR) is 125 cm³/mol. The highest BCUT2D eigenvalue weighted by Gasteiger charge is 2.54. The van der Waals surface area contributed by atoms with Crippen LogP contribution >= 0.6 is 0 Å². The number of carbonyl (C=O) groups is 2. The van der Waals surface area contributed by atoms with Crippen LogP contribution in [0.1, 0.15) is 24.9 Å². The van der Waals surface area contributed by atoms with E-state index < -0.39 is 12.2 Å². The fourth-order valence-electron chi connectivity index (χ4n) is 5.59. The van der Waals surface area contributed by atoms with E-state index >= 15 is 0 Å². The number of nitrogens with one attached hydrogen (secondary N) is 2. The fourth-order valence-corrected chi connectivity index (χ4v) is 5.59. The van der Waals surface area contributed by atoms with Crippen LogP contribution in [0.25, 0.3) is 0 Å². The molecule has 0 unspecified atom stereocenters. The minimum atomic E-state index is -2.89. The van der Waals surface area contributed by atoms with Gasteiger partial charge in [0.15, 0.2) is 0 Å². The van der Waals surface area contributed by atoms with E-state index in [4.69, 9.17) is 0 Å². The van der Waals surface area contributed by atoms with E-state index in [1.807, 2.05) is 18.2 Å². The quantitative estimate of drug-likeness (QED) is 0.648. The molecule has 2 aliphatic rings. The molecule has 2 amide bonds. The van der Waals surface area contributed by atoms with Gasteiger partial charge in [0.2, 0.25) is 11.8 Å². The maximum atomic E-state index is 12.7. The second-order valence-corrected chi connectivity index (χ2v) is 9.16. The number of anilines is 1. The molecular weight excluding hydrogens is 442 g/mol. The number of hydrogen-bond acceptors (Lipinski definition) is 5. The van der Waals surface area contributed by atoms with Crippen LogP contribution in [0.4, 0.5) is 14.5 Å². The molecule has 7 nitrogen and oxygen atoms in total. The van der Waals surface area contributed by atoms with Crippen molar-refractivity contribution in [3.8, 4) is 5.75 Å². The van der Waals surface area contributed by atoms with E-state index in [0.717, 1.165) is 13.0 Å². The lowest BCUT2D eigenvalue weighted by Crippen LogP contribution is -2.64. The zero-order chi connectivity index (χ0) is 24.3. The van der Waals surface area contributed by atoms with Crippen LogP contribution in [0.5, 0.6) is 5.75 Å². The van der Waals surface area contributed by atoms with Gasteiger partial charge in [-0.05, 0) is 49.8 Å². The lowest BCUT2D eigenvalue weighted by Gasteiger charge is -2.45. The number of nitrogens with zero attached hydrogens (tertiary/aromatic N) is 2. The van der Waals surface area contributed by atoms with Crippen LogP contribution in [0.2, 0.25) is 0 Å². The first-order valence-electron chi connectivity index (χ1n) is 11.4. The van der Waals surface area contributed by atoms with Crippen molar-refractivity contribution in [2.45, 2.75) is 31.5 Å². The summed E-state index contributed by atoms with van der Waals surface area (Å²) in [5.74, 6) is -0.0226. The number of likely N-dealkylation sites (tertiary alicyclic amines) is 2. The monoisotopic (exact) mass is 472 g/mol. The molecule has 3 atom stereocenters. The van der Waals surface area contributed by atoms with E-state index in [-0.39, 0.29) is 36.1 Å². The Balaban J connectivity index is 1.43. The SMILES string of the molecule is CC(=O)N[C@@]12CN(CC(=O)Nc3ccc(OC(F)F)cc3)CC[C@@H]1[C@@H](c1ccccc1)N(C)C2. The van der Waals surface area contributed by atoms with Gasteiger partial charge in [0.25, 0.3) is 0 Å². The molecule has 2 heterocycles. The Morgan fingerprint density at radius 2 is 1.82 bits per heavy atom. The average Bonchev–Trinajstić information content (AvgIpc) is 3.05. The van der Waals surface area contributed by atoms with Crippen molar-refractivity contribution in [2.75, 3.05) is 38.5 Å². The number of hydrogen-bond donors (Lipinski definition) is 2. The first-order valence-corrected chi connectivity index (χ1v) is 11.4. The number of fused-ring (bicyclic) bond motifs is 1. The van der Waals surface area contributed by atoms with Crippen molar-refractivity contribution < 1.29 is 23.1 Å². The molecule has 0 radical (unpaired) electrons. The highest BCUT2D eigenvalue weighted by molar-refractivity contribution is 5.92. The second-order valence-electron chi connectivity index (χ2n) is 9.16. The number of alkyl halides is 2. The van der Waals surface area contributed by atoms with E-state index in [1.165, 1.54) is 36.8 Å². The Labute approximate surface area is 198 Å². The molecule has 2 saturated heterocycles. The number of halogens is 2. The summed E-state index contributed by atoms with van der Waals surface area (Å²) in [7, 11) is 2.08. The first kappa shape index (κ1) is 24.1. The Kier molecular flexibility index (Phi) is 7.13. The Bertz CT molecular complexity index is 1000. The van der Waals surface area contributed by atoms with E-state index in [0.29, 0.717) is 18.8 Å². The van der Waals surface area contributed by atoms with Gasteiger partial charge in [-0.15, -0.1) is 0 Å². The normalized spacial score (nSPS) is 25.1. The summed E-state index contributed by atoms with van der Waals surface area (Å²) in [5, 5.41) is 6.04. The van der Waals surface area contributed by atoms with Gasteiger partial charge >= 0.3 is 6.61 Å². The molecule has 34 heavy (non-hydrogen) atoms. The molecule has 0 saturated carbocycles. The van der Waals surface area contributed by atoms with Gasteiger partial charge in [0, 0.05) is 37.7 Å². The summed E-state index contributed by atoms with van der Waals surface area (Å²) in [6, 6.07) is 16.3. The molecule has 2 aromatic carbocycles. The first-order chi connectivity index (χ1) is 16.3. The van der Waals surface area contributed by atoms with Crippen LogP contribution in [0.3, 0.4) is 0 Å². The van der Waals surface area contributed by atoms with Crippen LogP contribution in [0, 0.1) is 5.92 Å². The third kappa shape index (κ3) is 5.37. The number of piperidine rings is 1. The molecule has 0 aliphatic carbocycles. The topological polar surface area (TPSA) is 73.9 Å². The highest BCUT2D eigenvalue weighted by Crippen LogP contribution is 2.46. The standard InChI is InChI=1S/C25H30F2N4O3/c1-17(32)29-25-15-30(2)23(18-6-4-3-5-7-18)21(25)12-13-31(16-25)14-22(33)28-19-8-10-20(11-9-19)34-24(26)27/h3-11,21,23-24H,12-16H2,1-2H3,(H,28,33)(H,29,32)/t21-,23-,25+/m1/s1. The van der Waals surface area contributed by atoms with E-state index in [1.54, 1.807) is 0 Å². The van der Waals surface area contributed by atoms with Crippen molar-refractivity contribution in [1.29, 1.82) is 0 Å². The molecule has 2 aromatic rings. The van der Waals surface area contributed by atoms with Gasteiger partial charge in [0.05, 0.1) is 12.1 Å². The maximum Gasteiger partial charge on any atom is 0.387 e. The lowest BCUT2D eigenvalue weighted by molar-refractivity contribution is -0.122. The summed E-state index contributed by atoms with van der Waals surface area (Å²) >= 11 is 0. The van der Waals surface area contributed by atoms with Crippen LogP contribution < -0.4 is 15.4 Å². The number of amides is 2. The minimum Gasteiger partial charge on any atom is -0.435 e. The summed E-state index contributed by atoms with van der Waals surface area (Å²) in [6.45, 7) is 0.811. The molecule has 4 rings (SSSR count). The Morgan fingerprint density at radius 3 is 2.47 bits per heavy atom. The second kappa shape index (κ2) is 10.1. The molecular formula is C25H30F2N4O3. The zero-order valence-electron chi connectivity index (χ0n) is 19.3. The highest BCUT2D eigenvalue weighted by atomic mass is 19.3. The molecule has 0 bridgehead atoms. The Hall–Kier alpha value is -3.04. The lowest BCUT2D eigenvalue weighted by atomic mass is 9.75. The van der Waals surface area contributed by atoms with Crippen molar-refractivity contribution in [1.82, 2.24) is 15.1 Å². The molecule has 182 valence electrons. The summed E-state index contributed by atoms with van der Waals surface area (Å²) in [6.07, 6.45) is 0.844. The molecule has 9 heteroatoms. The van der Waals surface area contributed by atoms with E-state index in [2.05, 4.69) is 44.4 Å². The van der Waals surface area contributed by atoms with Gasteiger partial charge < -0.3 is 15.4 Å². The minimum absolute atomic E-state index is 0.0330. The van der Waals surface area contributed by atoms with Crippen LogP contribution in [-0.2, 0) is 9.59 Å². The van der Waals surface area contributed by atoms with Crippen LogP contribution in [0.15, 0.2) is 54.6 Å². The van der Waals surface area contributed by atoms with Crippen molar-refractivity contribution in [3.63, 3.8) is 0 Å². The Morgan fingerprint density at radius 1 is 1.12 bits per heavy atom. The number of carbonyl (C=O) groups excluding carboxylic acids is 2. The molecule has 2 fully saturated rings. The number of rotatable bonds is 7. The van der Waals surface area contributed by atoms with Gasteiger partial charge in [-0.25, -0.2) is 0 Å². The van der Waals surface area contributed by atoms with Gasteiger partial charge in [0.1, 0.15) is 5.75 Å². The van der Waals surface area contributed by atoms with E-state index in [9.17, 15) is 18.4 Å². The summed E-state index contributed by atoms with van der Waals surface area (Å²) in [5.41, 5.74) is 1.28. The van der Waals surface area contributed by atoms with Gasteiger partial charge in [-0.3, -0.25) is 19.4 Å². The van der Waals surface area contributed by atoms with Crippen molar-refractivity contribution in [3.05, 3.63) is 60.2 Å². The average molecular weight is 473 g/mol. The smallest absolute Gasteiger partial charge is 0.387 e.